The second-order valence-corrected chi connectivity index (χ2v) is 14.1. The van der Waals surface area contributed by atoms with Crippen LogP contribution < -0.4 is 11.1 Å². The summed E-state index contributed by atoms with van der Waals surface area (Å²) in [5.74, 6) is -0.219. The van der Waals surface area contributed by atoms with E-state index in [4.69, 9.17) is 59.5 Å². The minimum Gasteiger partial charge on any atom is -0.460 e. The van der Waals surface area contributed by atoms with Gasteiger partial charge >= 0.3 is 23.5 Å². The van der Waals surface area contributed by atoms with Crippen molar-refractivity contribution in [1.82, 2.24) is 5.32 Å². The van der Waals surface area contributed by atoms with Gasteiger partial charge in [-0.05, 0) is 101 Å². The second kappa shape index (κ2) is 35.3. The van der Waals surface area contributed by atoms with Crippen LogP contribution in [-0.4, -0.2) is 72.1 Å². The van der Waals surface area contributed by atoms with Gasteiger partial charge in [-0.15, -0.1) is 0 Å². The van der Waals surface area contributed by atoms with Crippen LogP contribution in [0.2, 0.25) is 0 Å². The van der Waals surface area contributed by atoms with Gasteiger partial charge in [0.15, 0.2) is 11.1 Å². The van der Waals surface area contributed by atoms with E-state index in [1.165, 1.54) is 19.8 Å². The highest BCUT2D eigenvalue weighted by Gasteiger charge is 2.16. The van der Waals surface area contributed by atoms with Gasteiger partial charge in [0, 0.05) is 44.2 Å². The predicted octanol–water partition coefficient (Wildman–Crippen LogP) is 9.60. The molecule has 0 fully saturated rings. The van der Waals surface area contributed by atoms with Crippen LogP contribution in [0.15, 0.2) is 0 Å². The van der Waals surface area contributed by atoms with Crippen LogP contribution >= 0.6 is 34.8 Å². The van der Waals surface area contributed by atoms with E-state index >= 15 is 0 Å². The molecule has 0 heterocycles. The van der Waals surface area contributed by atoms with E-state index in [1.807, 2.05) is 55.4 Å². The lowest BCUT2D eigenvalue weighted by Gasteiger charge is -2.19. The van der Waals surface area contributed by atoms with Crippen LogP contribution in [0.1, 0.15) is 146 Å². The van der Waals surface area contributed by atoms with Crippen molar-refractivity contribution in [3.8, 4) is 0 Å². The number of alkyl carbamates (subject to hydrolysis) is 1. The summed E-state index contributed by atoms with van der Waals surface area (Å²) in [6.07, 6.45) is 10.7. The Hall–Kier alpha value is -1.53. The van der Waals surface area contributed by atoms with Crippen molar-refractivity contribution in [3.05, 3.63) is 0 Å². The Morgan fingerprint density at radius 3 is 1.31 bits per heavy atom. The topological polar surface area (TPSA) is 152 Å². The van der Waals surface area contributed by atoms with Gasteiger partial charge in [-0.25, -0.2) is 9.59 Å². The van der Waals surface area contributed by atoms with Gasteiger partial charge in [0.05, 0.1) is 0 Å². The molecular formula is C34H67Cl3N2O9. The summed E-state index contributed by atoms with van der Waals surface area (Å²) in [4.78, 5) is 43.6. The van der Waals surface area contributed by atoms with E-state index in [-0.39, 0.29) is 17.5 Å². The number of rotatable bonds is 19. The third kappa shape index (κ3) is 59.9. The van der Waals surface area contributed by atoms with E-state index in [2.05, 4.69) is 10.1 Å². The van der Waals surface area contributed by atoms with Crippen molar-refractivity contribution in [2.75, 3.05) is 26.3 Å². The fourth-order valence-electron chi connectivity index (χ4n) is 3.37. The summed E-state index contributed by atoms with van der Waals surface area (Å²) >= 11 is 15.4. The number of halogens is 3. The van der Waals surface area contributed by atoms with Gasteiger partial charge in [-0.3, -0.25) is 9.59 Å². The van der Waals surface area contributed by atoms with Crippen LogP contribution in [0.3, 0.4) is 0 Å². The van der Waals surface area contributed by atoms with Crippen LogP contribution in [0.25, 0.3) is 0 Å². The zero-order valence-electron chi connectivity index (χ0n) is 31.4. The van der Waals surface area contributed by atoms with Gasteiger partial charge in [0.2, 0.25) is 0 Å². The van der Waals surface area contributed by atoms with Crippen LogP contribution in [0.4, 0.5) is 9.59 Å². The van der Waals surface area contributed by atoms with E-state index in [0.717, 1.165) is 71.1 Å². The molecule has 0 aromatic rings. The molecule has 14 heteroatoms. The molecule has 1 amide bonds. The van der Waals surface area contributed by atoms with Crippen LogP contribution in [-0.2, 0) is 33.3 Å². The smallest absolute Gasteiger partial charge is 0.408 e. The summed E-state index contributed by atoms with van der Waals surface area (Å²) in [5.41, 5.74) is 2.51. The zero-order chi connectivity index (χ0) is 38.0. The first-order valence-electron chi connectivity index (χ1n) is 17.0. The Morgan fingerprint density at radius 1 is 0.646 bits per heavy atom. The molecular weight excluding hydrogens is 687 g/mol. The second-order valence-electron chi connectivity index (χ2n) is 12.6. The monoisotopic (exact) mass is 752 g/mol. The van der Waals surface area contributed by atoms with Gasteiger partial charge in [0.25, 0.3) is 0 Å². The third-order valence-electron chi connectivity index (χ3n) is 5.18. The molecule has 0 aliphatic rings. The van der Waals surface area contributed by atoms with Crippen molar-refractivity contribution in [2.45, 2.75) is 169 Å². The SMILES string of the molecule is CC(C)(C)OC(=O)CCCCCCCN.CC(Cl)OC(=O)Cl.CC(Cl)OC(=O)NCCCCCCCC(=O)OC(C)(C)C.CCOCC. The number of hydrogen-bond acceptors (Lipinski definition) is 10. The maximum atomic E-state index is 11.5. The average Bonchev–Trinajstić information content (AvgIpc) is 2.90. The molecule has 0 saturated carbocycles. The number of amides is 1. The number of unbranched alkanes of at least 4 members (excludes halogenated alkanes) is 8. The number of esters is 2. The van der Waals surface area contributed by atoms with Crippen LogP contribution in [0, 0.1) is 0 Å². The molecule has 0 aliphatic heterocycles. The molecule has 2 unspecified atom stereocenters. The maximum Gasteiger partial charge on any atom is 0.408 e. The van der Waals surface area contributed by atoms with E-state index in [0.29, 0.717) is 19.4 Å². The highest BCUT2D eigenvalue weighted by molar-refractivity contribution is 6.61. The molecule has 0 spiro atoms. The molecule has 0 aliphatic carbocycles. The van der Waals surface area contributed by atoms with Crippen molar-refractivity contribution in [2.24, 2.45) is 5.73 Å². The lowest BCUT2D eigenvalue weighted by atomic mass is 10.1. The number of nitrogens with one attached hydrogen (secondary N) is 1. The lowest BCUT2D eigenvalue weighted by molar-refractivity contribution is -0.156. The number of hydrogen-bond donors (Lipinski definition) is 2. The number of alkyl halides is 2. The fourth-order valence-corrected chi connectivity index (χ4v) is 3.71. The fraction of sp³-hybridized carbons (Fsp3) is 0.882. The van der Waals surface area contributed by atoms with Crippen molar-refractivity contribution in [3.63, 3.8) is 0 Å². The largest absolute Gasteiger partial charge is 0.460 e. The number of ether oxygens (including phenoxy) is 5. The number of nitrogens with two attached hydrogens (primary N) is 1. The first-order valence-corrected chi connectivity index (χ1v) is 18.3. The summed E-state index contributed by atoms with van der Waals surface area (Å²) in [6, 6.07) is 0. The number of carbonyl (C=O) groups is 4. The van der Waals surface area contributed by atoms with Gasteiger partial charge in [0.1, 0.15) is 11.2 Å². The normalized spacial score (nSPS) is 11.9. The summed E-state index contributed by atoms with van der Waals surface area (Å²) in [5, 5.41) is 2.63. The quantitative estimate of drug-likeness (QED) is 0.0429. The molecule has 0 aromatic carbocycles. The first-order chi connectivity index (χ1) is 22.2. The molecule has 0 radical (unpaired) electrons. The Bertz CT molecular complexity index is 787. The van der Waals surface area contributed by atoms with E-state index < -0.39 is 28.2 Å². The standard InChI is InChI=1S/C15H28ClNO4.C12H25NO2.C4H10O.C3H4Cl2O2/c1-12(16)20-14(19)17-11-9-7-5-6-8-10-13(18)21-15(2,3)4;1-12(2,3)15-11(14)9-7-5-4-6-8-10-13;1-3-5-4-2;1-2(4)7-3(5)6/h12H,5-11H2,1-4H3,(H,17,19);4-10,13H2,1-3H3;3-4H2,1-2H3;2H,1H3. The van der Waals surface area contributed by atoms with Crippen molar-refractivity contribution >= 4 is 58.3 Å². The number of carbonyl (C=O) groups excluding carboxylic acids is 4. The zero-order valence-corrected chi connectivity index (χ0v) is 33.6. The Balaban J connectivity index is -0.000000309. The Morgan fingerprint density at radius 2 is 1.02 bits per heavy atom. The summed E-state index contributed by atoms with van der Waals surface area (Å²) in [7, 11) is 0. The molecule has 288 valence electrons. The molecule has 11 nitrogen and oxygen atoms in total. The Kier molecular flexibility index (Phi) is 39.2. The van der Waals surface area contributed by atoms with Gasteiger partial charge < -0.3 is 34.7 Å². The molecule has 48 heavy (non-hydrogen) atoms. The highest BCUT2D eigenvalue weighted by Crippen LogP contribution is 2.12. The maximum absolute atomic E-state index is 11.5. The highest BCUT2D eigenvalue weighted by atomic mass is 35.5. The predicted molar refractivity (Wildman–Crippen MR) is 196 cm³/mol. The van der Waals surface area contributed by atoms with Gasteiger partial charge in [-0.2, -0.15) is 0 Å². The molecule has 0 aromatic heterocycles. The molecule has 0 bridgehead atoms. The molecule has 3 N–H and O–H groups in total. The Labute approximate surface area is 306 Å². The summed E-state index contributed by atoms with van der Waals surface area (Å²) < 4.78 is 24.1. The van der Waals surface area contributed by atoms with Crippen LogP contribution in [0.5, 0.6) is 0 Å². The molecule has 0 rings (SSSR count). The third-order valence-corrected chi connectivity index (χ3v) is 5.45. The molecule has 2 atom stereocenters. The lowest BCUT2D eigenvalue weighted by Crippen LogP contribution is -2.27. The summed E-state index contributed by atoms with van der Waals surface area (Å²) in [6.45, 7) is 21.4. The van der Waals surface area contributed by atoms with Gasteiger partial charge in [-0.1, -0.05) is 61.7 Å². The van der Waals surface area contributed by atoms with Crippen molar-refractivity contribution in [1.29, 1.82) is 0 Å². The average molecular weight is 754 g/mol. The minimum absolute atomic E-state index is 0.0821. The van der Waals surface area contributed by atoms with Crippen molar-refractivity contribution < 1.29 is 42.9 Å². The van der Waals surface area contributed by atoms with E-state index in [1.54, 1.807) is 6.92 Å². The van der Waals surface area contributed by atoms with E-state index in [9.17, 15) is 19.2 Å². The first kappa shape index (κ1) is 53.3. The molecule has 0 saturated heterocycles. The minimum atomic E-state index is -0.873.